The fourth-order valence-electron chi connectivity index (χ4n) is 1.07. The maximum Gasteiger partial charge on any atom is 0.0912 e. The third kappa shape index (κ3) is 2.83. The van der Waals surface area contributed by atoms with Crippen LogP contribution in [0, 0.1) is 0 Å². The van der Waals surface area contributed by atoms with E-state index in [1.807, 2.05) is 0 Å². The lowest BCUT2D eigenvalue weighted by Gasteiger charge is -2.11. The van der Waals surface area contributed by atoms with Crippen LogP contribution >= 0.6 is 23.2 Å². The molecule has 0 unspecified atom stereocenters. The first kappa shape index (κ1) is 10.8. The van der Waals surface area contributed by atoms with Gasteiger partial charge < -0.3 is 5.73 Å². The molecule has 1 rings (SSSR count). The minimum atomic E-state index is -0.454. The van der Waals surface area contributed by atoms with E-state index in [0.717, 1.165) is 0 Å². The van der Waals surface area contributed by atoms with Crippen LogP contribution in [0.25, 0.3) is 0 Å². The highest BCUT2D eigenvalue weighted by Crippen LogP contribution is 2.26. The molecule has 0 aromatic heterocycles. The second kappa shape index (κ2) is 4.80. The number of hydrogen-bond acceptors (Lipinski definition) is 1. The molecule has 0 aliphatic heterocycles. The number of hydrogen-bond donors (Lipinski definition) is 1. The van der Waals surface area contributed by atoms with E-state index in [2.05, 4.69) is 0 Å². The van der Waals surface area contributed by atoms with E-state index in [0.29, 0.717) is 15.6 Å². The molecule has 0 heterocycles. The van der Waals surface area contributed by atoms with E-state index in [-0.39, 0.29) is 12.5 Å². The molecule has 0 aliphatic carbocycles. The van der Waals surface area contributed by atoms with Gasteiger partial charge in [0.25, 0.3) is 0 Å². The molecule has 0 spiro atoms. The molecule has 2 N–H and O–H groups in total. The average Bonchev–Trinajstić information content (AvgIpc) is 2.09. The van der Waals surface area contributed by atoms with Crippen LogP contribution in [0.2, 0.25) is 10.0 Å². The highest BCUT2D eigenvalue weighted by Gasteiger charge is 2.10. The SMILES string of the molecule is N[C@H](CCF)c1cc(Cl)ccc1Cl. The smallest absolute Gasteiger partial charge is 0.0912 e. The Morgan fingerprint density at radius 2 is 2.08 bits per heavy atom. The lowest BCUT2D eigenvalue weighted by molar-refractivity contribution is 0.442. The minimum absolute atomic E-state index is 0.264. The Bertz CT molecular complexity index is 291. The number of halogens is 3. The Morgan fingerprint density at radius 1 is 1.38 bits per heavy atom. The largest absolute Gasteiger partial charge is 0.324 e. The van der Waals surface area contributed by atoms with Gasteiger partial charge in [0.05, 0.1) is 6.67 Å². The first-order valence-corrected chi connectivity index (χ1v) is 4.67. The van der Waals surface area contributed by atoms with Crippen LogP contribution in [0.4, 0.5) is 4.39 Å². The highest BCUT2D eigenvalue weighted by molar-refractivity contribution is 6.33. The van der Waals surface area contributed by atoms with Crippen molar-refractivity contribution in [3.05, 3.63) is 33.8 Å². The van der Waals surface area contributed by atoms with Crippen LogP contribution in [0.15, 0.2) is 18.2 Å². The molecule has 72 valence electrons. The molecule has 13 heavy (non-hydrogen) atoms. The molecule has 1 atom stereocenters. The Balaban J connectivity index is 2.91. The molecular formula is C9H10Cl2FN. The summed E-state index contributed by atoms with van der Waals surface area (Å²) in [5.74, 6) is 0. The summed E-state index contributed by atoms with van der Waals surface area (Å²) in [5.41, 5.74) is 6.39. The maximum absolute atomic E-state index is 12.0. The first-order chi connectivity index (χ1) is 6.15. The van der Waals surface area contributed by atoms with Crippen molar-refractivity contribution >= 4 is 23.2 Å². The number of rotatable bonds is 3. The summed E-state index contributed by atoms with van der Waals surface area (Å²) < 4.78 is 12.0. The molecule has 1 aromatic carbocycles. The van der Waals surface area contributed by atoms with Gasteiger partial charge in [0.1, 0.15) is 0 Å². The third-order valence-electron chi connectivity index (χ3n) is 1.78. The van der Waals surface area contributed by atoms with Gasteiger partial charge in [-0.2, -0.15) is 0 Å². The highest BCUT2D eigenvalue weighted by atomic mass is 35.5. The Kier molecular flexibility index (Phi) is 3.97. The first-order valence-electron chi connectivity index (χ1n) is 3.91. The molecule has 0 radical (unpaired) electrons. The number of benzene rings is 1. The van der Waals surface area contributed by atoms with Gasteiger partial charge in [-0.05, 0) is 30.2 Å². The zero-order valence-electron chi connectivity index (χ0n) is 6.93. The topological polar surface area (TPSA) is 26.0 Å². The summed E-state index contributed by atoms with van der Waals surface area (Å²) in [6.07, 6.45) is 0.264. The number of alkyl halides is 1. The maximum atomic E-state index is 12.0. The Labute approximate surface area is 86.6 Å². The lowest BCUT2D eigenvalue weighted by Crippen LogP contribution is -2.11. The third-order valence-corrected chi connectivity index (χ3v) is 2.36. The zero-order chi connectivity index (χ0) is 9.84. The molecule has 0 amide bonds. The summed E-state index contributed by atoms with van der Waals surface area (Å²) >= 11 is 11.6. The van der Waals surface area contributed by atoms with Crippen molar-refractivity contribution in [2.45, 2.75) is 12.5 Å². The molecular weight excluding hydrogens is 212 g/mol. The van der Waals surface area contributed by atoms with Gasteiger partial charge in [-0.25, -0.2) is 0 Å². The van der Waals surface area contributed by atoms with Crippen LogP contribution in [-0.4, -0.2) is 6.67 Å². The van der Waals surface area contributed by atoms with Crippen molar-refractivity contribution in [3.63, 3.8) is 0 Å². The van der Waals surface area contributed by atoms with Crippen molar-refractivity contribution in [2.24, 2.45) is 5.73 Å². The van der Waals surface area contributed by atoms with Gasteiger partial charge in [-0.1, -0.05) is 23.2 Å². The van der Waals surface area contributed by atoms with Gasteiger partial charge in [0.2, 0.25) is 0 Å². The molecule has 0 bridgehead atoms. The van der Waals surface area contributed by atoms with E-state index in [9.17, 15) is 4.39 Å². The van der Waals surface area contributed by atoms with E-state index in [1.165, 1.54) is 0 Å². The molecule has 0 saturated carbocycles. The van der Waals surface area contributed by atoms with E-state index >= 15 is 0 Å². The second-order valence-corrected chi connectivity index (χ2v) is 3.59. The fraction of sp³-hybridized carbons (Fsp3) is 0.333. The van der Waals surface area contributed by atoms with Crippen LogP contribution in [0.3, 0.4) is 0 Å². The van der Waals surface area contributed by atoms with E-state index in [1.54, 1.807) is 18.2 Å². The normalized spacial score (nSPS) is 12.9. The lowest BCUT2D eigenvalue weighted by atomic mass is 10.1. The van der Waals surface area contributed by atoms with Gasteiger partial charge in [-0.3, -0.25) is 4.39 Å². The molecule has 4 heteroatoms. The van der Waals surface area contributed by atoms with Gasteiger partial charge in [0, 0.05) is 16.1 Å². The van der Waals surface area contributed by atoms with Crippen LogP contribution in [0.5, 0.6) is 0 Å². The molecule has 1 nitrogen and oxygen atoms in total. The standard InChI is InChI=1S/C9H10Cl2FN/c10-6-1-2-8(11)7(5-6)9(13)3-4-12/h1-2,5,9H,3-4,13H2/t9-/m1/s1. The minimum Gasteiger partial charge on any atom is -0.324 e. The summed E-state index contributed by atoms with van der Waals surface area (Å²) in [5, 5.41) is 1.10. The predicted molar refractivity (Wildman–Crippen MR) is 54.0 cm³/mol. The van der Waals surface area contributed by atoms with E-state index < -0.39 is 6.67 Å². The van der Waals surface area contributed by atoms with Gasteiger partial charge in [0.15, 0.2) is 0 Å². The van der Waals surface area contributed by atoms with Gasteiger partial charge in [-0.15, -0.1) is 0 Å². The average molecular weight is 222 g/mol. The molecule has 0 aliphatic rings. The second-order valence-electron chi connectivity index (χ2n) is 2.75. The Morgan fingerprint density at radius 3 is 2.69 bits per heavy atom. The van der Waals surface area contributed by atoms with Crippen LogP contribution in [0.1, 0.15) is 18.0 Å². The van der Waals surface area contributed by atoms with Crippen LogP contribution < -0.4 is 5.73 Å². The quantitative estimate of drug-likeness (QED) is 0.833. The predicted octanol–water partition coefficient (Wildman–Crippen LogP) is 3.35. The van der Waals surface area contributed by atoms with Gasteiger partial charge >= 0.3 is 0 Å². The van der Waals surface area contributed by atoms with Crippen molar-refractivity contribution in [3.8, 4) is 0 Å². The summed E-state index contributed by atoms with van der Waals surface area (Å²) in [6, 6.07) is 4.63. The van der Waals surface area contributed by atoms with Crippen molar-refractivity contribution in [1.29, 1.82) is 0 Å². The van der Waals surface area contributed by atoms with Crippen molar-refractivity contribution < 1.29 is 4.39 Å². The van der Waals surface area contributed by atoms with E-state index in [4.69, 9.17) is 28.9 Å². The molecule has 1 aromatic rings. The van der Waals surface area contributed by atoms with Crippen molar-refractivity contribution in [1.82, 2.24) is 0 Å². The molecule has 0 fully saturated rings. The monoisotopic (exact) mass is 221 g/mol. The van der Waals surface area contributed by atoms with Crippen LogP contribution in [-0.2, 0) is 0 Å². The Hall–Kier alpha value is -0.310. The summed E-state index contributed by atoms with van der Waals surface area (Å²) in [4.78, 5) is 0. The zero-order valence-corrected chi connectivity index (χ0v) is 8.45. The molecule has 0 saturated heterocycles. The fourth-order valence-corrected chi connectivity index (χ4v) is 1.51. The summed E-state index contributed by atoms with van der Waals surface area (Å²) in [7, 11) is 0. The summed E-state index contributed by atoms with van der Waals surface area (Å²) in [6.45, 7) is -0.454. The number of nitrogens with two attached hydrogens (primary N) is 1. The van der Waals surface area contributed by atoms with Crippen molar-refractivity contribution in [2.75, 3.05) is 6.67 Å².